The summed E-state index contributed by atoms with van der Waals surface area (Å²) in [5.41, 5.74) is 44.6. The normalized spacial score (nSPS) is 14.6. The van der Waals surface area contributed by atoms with Crippen LogP contribution in [0, 0.1) is 174 Å². The SMILES string of the molecule is CC1C(C)C2C=CC1C(C)C2C.Cc1cc(C)cc(-c2cc(-c3cc(C)cc(C)c3)cc(-c3cc(C)cc(C)c3)c2)c1.Cc1cc(C)cc(C)c1.Cc1ccc(-c2nc(-c3ccc(C)cc3)nc(-c3ccc(C)cc3)n2)cc1.Cc1cccc(-c2nnc(-c3cccc(C)c3)n2-c2cccc(C)c2)c1.Cc1cccc(-c2nnc(-c3cccc(C)c3)o2)c1.Cc1cccc(N(c2cccc(C)c2)c2cccc(C)c2)c1. The Hall–Kier alpha value is -15.7. The number of anilines is 3. The monoisotopic (exact) mass is 1900 g/mol. The van der Waals surface area contributed by atoms with Crippen LogP contribution in [0.4, 0.5) is 17.1 Å². The van der Waals surface area contributed by atoms with E-state index < -0.39 is 0 Å². The lowest BCUT2D eigenvalue weighted by Gasteiger charge is -2.50. The first-order valence-corrected chi connectivity index (χ1v) is 50.9. The van der Waals surface area contributed by atoms with E-state index in [-0.39, 0.29) is 0 Å². The van der Waals surface area contributed by atoms with E-state index in [1.54, 1.807) is 0 Å². The van der Waals surface area contributed by atoms with Crippen molar-refractivity contribution in [2.24, 2.45) is 35.5 Å². The summed E-state index contributed by atoms with van der Waals surface area (Å²) in [7, 11) is 0. The van der Waals surface area contributed by atoms with Crippen LogP contribution in [0.3, 0.4) is 0 Å². The highest BCUT2D eigenvalue weighted by Crippen LogP contribution is 2.51. The van der Waals surface area contributed by atoms with Gasteiger partial charge in [0.05, 0.1) is 0 Å². The molecule has 10 heteroatoms. The number of rotatable bonds is 14. The fraction of sp³-hybridized carbons (Fsp3) is 0.222. The fourth-order valence-corrected chi connectivity index (χ4v) is 19.9. The molecule has 1 fully saturated rings. The molecule has 0 radical (unpaired) electrons. The molecule has 0 amide bonds. The van der Waals surface area contributed by atoms with E-state index in [1.807, 2.05) is 62.4 Å². The Balaban J connectivity index is 0.000000130. The average Bonchev–Trinajstić information content (AvgIpc) is 1.31. The zero-order valence-corrected chi connectivity index (χ0v) is 89.1. The smallest absolute Gasteiger partial charge is 0.248 e. The van der Waals surface area contributed by atoms with Crippen LogP contribution in [-0.2, 0) is 0 Å². The van der Waals surface area contributed by atoms with Crippen molar-refractivity contribution < 1.29 is 4.42 Å². The van der Waals surface area contributed by atoms with Crippen LogP contribution in [0.1, 0.15) is 139 Å². The van der Waals surface area contributed by atoms with E-state index in [9.17, 15) is 0 Å². The molecule has 3 aromatic heterocycles. The molecule has 16 aromatic carbocycles. The Morgan fingerprint density at radius 3 is 0.690 bits per heavy atom. The van der Waals surface area contributed by atoms with E-state index in [0.29, 0.717) is 29.3 Å². The van der Waals surface area contributed by atoms with Crippen molar-refractivity contribution in [3.05, 3.63) is 481 Å². The molecule has 145 heavy (non-hydrogen) atoms. The van der Waals surface area contributed by atoms with Crippen molar-refractivity contribution in [3.63, 3.8) is 0 Å². The molecule has 3 aliphatic carbocycles. The lowest BCUT2D eigenvalue weighted by molar-refractivity contribution is 0.0429. The minimum absolute atomic E-state index is 0.556. The lowest BCUT2D eigenvalue weighted by atomic mass is 9.55. The number of benzene rings is 16. The molecule has 730 valence electrons. The van der Waals surface area contributed by atoms with Crippen molar-refractivity contribution in [1.82, 2.24) is 39.9 Å². The molecule has 1 saturated carbocycles. The fourth-order valence-electron chi connectivity index (χ4n) is 19.9. The Morgan fingerprint density at radius 1 is 0.193 bits per heavy atom. The Labute approximate surface area is 862 Å². The molecular weight excluding hydrogens is 1760 g/mol. The van der Waals surface area contributed by atoms with Crippen molar-refractivity contribution in [2.75, 3.05) is 4.90 Å². The van der Waals surface area contributed by atoms with Crippen molar-refractivity contribution in [3.8, 4) is 119 Å². The molecule has 0 saturated heterocycles. The number of aryl methyl sites for hydroxylation is 20. The second kappa shape index (κ2) is 47.5. The van der Waals surface area contributed by atoms with Gasteiger partial charge in [0.25, 0.3) is 0 Å². The van der Waals surface area contributed by atoms with Crippen molar-refractivity contribution >= 4 is 17.1 Å². The largest absolute Gasteiger partial charge is 0.416 e. The number of aromatic nitrogens is 8. The molecule has 0 spiro atoms. The average molecular weight is 1900 g/mol. The van der Waals surface area contributed by atoms with Crippen LogP contribution < -0.4 is 4.90 Å². The van der Waals surface area contributed by atoms with Gasteiger partial charge >= 0.3 is 0 Å². The first kappa shape index (κ1) is 104. The number of hydrogen-bond acceptors (Lipinski definition) is 9. The standard InChI is InChI=1S/C30H30.C24H21N3.C23H21N3.C21H21N.C16H14N2O.C12H20.C9H12/c1-19-7-20(2)11-25(10-19)28-16-29(26-12-21(3)8-22(4)13-26)18-30(17-28)27-14-23(5)9-24(6)15-27;1-16-4-10-19(11-5-16)22-25-23(20-12-6-17(2)7-13-20)27-24(26-22)21-14-8-18(3)9-15-21;1-16-7-4-10-19(13-16)22-24-25-23(20-11-5-8-17(2)14-20)26(22)21-12-6-9-18(3)15-21;1-16-7-4-10-19(13-16)22(20-11-5-8-17(2)14-20)21-12-6-9-18(3)15-21;1-11-5-3-7-13(9-11)15-17-18-16(19-15)14-8-4-6-12(2)10-14;1-7-8(2)12-6-5-11(7)9(3)10(12)4;1-7-4-8(2)6-9(3)5-7/h7-18H,1-6H3;4-15H,1-3H3;4-15H,1-3H3;4-15H,1-3H3;3-10H,1-2H3;5-12H,1-4H3;4-6H,1-3H3. The molecule has 0 aliphatic heterocycles. The topological polar surface area (TPSA) is 112 Å². The van der Waals surface area contributed by atoms with Gasteiger partial charge in [0.2, 0.25) is 11.8 Å². The third-order valence-corrected chi connectivity index (χ3v) is 27.4. The summed E-state index contributed by atoms with van der Waals surface area (Å²) in [5, 5.41) is 17.3. The summed E-state index contributed by atoms with van der Waals surface area (Å²) in [6.07, 6.45) is 4.94. The van der Waals surface area contributed by atoms with E-state index in [2.05, 4.69) is 504 Å². The molecule has 4 unspecified atom stereocenters. The van der Waals surface area contributed by atoms with Crippen LogP contribution in [0.5, 0.6) is 0 Å². The molecule has 19 aromatic rings. The maximum Gasteiger partial charge on any atom is 0.248 e. The zero-order chi connectivity index (χ0) is 103. The highest BCUT2D eigenvalue weighted by Gasteiger charge is 2.44. The second-order valence-electron chi connectivity index (χ2n) is 40.7. The third-order valence-electron chi connectivity index (χ3n) is 27.4. The van der Waals surface area contributed by atoms with Crippen LogP contribution in [-0.4, -0.2) is 39.9 Å². The highest BCUT2D eigenvalue weighted by molar-refractivity contribution is 5.83. The second-order valence-corrected chi connectivity index (χ2v) is 40.7. The van der Waals surface area contributed by atoms with Crippen LogP contribution in [0.25, 0.3) is 119 Å². The first-order valence-electron chi connectivity index (χ1n) is 50.9. The van der Waals surface area contributed by atoms with E-state index in [0.717, 1.165) is 91.8 Å². The molecule has 3 heterocycles. The maximum atomic E-state index is 5.74. The van der Waals surface area contributed by atoms with Gasteiger partial charge in [0.15, 0.2) is 29.1 Å². The van der Waals surface area contributed by atoms with Gasteiger partial charge in [0.1, 0.15) is 0 Å². The van der Waals surface area contributed by atoms with Gasteiger partial charge in [-0.1, -0.05) is 384 Å². The van der Waals surface area contributed by atoms with Gasteiger partial charge in [-0.05, 0) is 333 Å². The predicted octanol–water partition coefficient (Wildman–Crippen LogP) is 35.9. The molecule has 2 bridgehead atoms. The first-order chi connectivity index (χ1) is 69.6. The molecule has 4 atom stereocenters. The summed E-state index contributed by atoms with van der Waals surface area (Å²) >= 11 is 0. The van der Waals surface area contributed by atoms with Gasteiger partial charge < -0.3 is 9.32 Å². The molecule has 22 rings (SSSR count). The number of allylic oxidation sites excluding steroid dienone is 2. The Kier molecular flexibility index (Phi) is 34.0. The third kappa shape index (κ3) is 27.4. The number of fused-ring (bicyclic) bond motifs is 2. The summed E-state index contributed by atoms with van der Waals surface area (Å²) in [5.74, 6) is 10.3. The number of hydrogen-bond donors (Lipinski definition) is 0. The van der Waals surface area contributed by atoms with Gasteiger partial charge in [-0.2, -0.15) is 0 Å². The van der Waals surface area contributed by atoms with Gasteiger partial charge in [-0.25, -0.2) is 15.0 Å². The molecule has 10 nitrogen and oxygen atoms in total. The molecular formula is C135H139N9O. The van der Waals surface area contributed by atoms with E-state index >= 15 is 0 Å². The molecule has 0 N–H and O–H groups in total. The highest BCUT2D eigenvalue weighted by atomic mass is 16.4. The quantitative estimate of drug-likeness (QED) is 0.0983. The van der Waals surface area contributed by atoms with Crippen molar-refractivity contribution in [2.45, 2.75) is 166 Å². The van der Waals surface area contributed by atoms with Crippen LogP contribution in [0.2, 0.25) is 0 Å². The minimum atomic E-state index is 0.556. The van der Waals surface area contributed by atoms with Gasteiger partial charge in [-0.3, -0.25) is 4.57 Å². The van der Waals surface area contributed by atoms with Gasteiger partial charge in [0, 0.05) is 61.7 Å². The maximum absolute atomic E-state index is 5.74. The molecule has 3 aliphatic rings. The predicted molar refractivity (Wildman–Crippen MR) is 611 cm³/mol. The van der Waals surface area contributed by atoms with Gasteiger partial charge in [-0.15, -0.1) is 20.4 Å². The zero-order valence-electron chi connectivity index (χ0n) is 89.1. The van der Waals surface area contributed by atoms with Crippen LogP contribution in [0.15, 0.2) is 374 Å². The van der Waals surface area contributed by atoms with Crippen molar-refractivity contribution in [1.29, 1.82) is 0 Å². The summed E-state index contributed by atoms with van der Waals surface area (Å²) in [6, 6.07) is 126. The Bertz CT molecular complexity index is 7020. The van der Waals surface area contributed by atoms with E-state index in [1.165, 1.54) is 162 Å². The number of nitrogens with zero attached hydrogens (tertiary/aromatic N) is 9. The summed E-state index contributed by atoms with van der Waals surface area (Å²) < 4.78 is 7.89. The minimum Gasteiger partial charge on any atom is -0.416 e. The lowest BCUT2D eigenvalue weighted by Crippen LogP contribution is -2.44. The summed E-state index contributed by atoms with van der Waals surface area (Å²) in [6.45, 7) is 52.1. The Morgan fingerprint density at radius 2 is 0.421 bits per heavy atom. The van der Waals surface area contributed by atoms with Crippen LogP contribution >= 0.6 is 0 Å². The summed E-state index contributed by atoms with van der Waals surface area (Å²) in [4.78, 5) is 16.6. The van der Waals surface area contributed by atoms with E-state index in [4.69, 9.17) is 19.4 Å².